The Balaban J connectivity index is 2.82. The lowest BCUT2D eigenvalue weighted by molar-refractivity contribution is 0.142. The van der Waals surface area contributed by atoms with E-state index in [1.165, 1.54) is 17.5 Å². The third-order valence-electron chi connectivity index (χ3n) is 3.75. The molecule has 1 aromatic carbocycles. The Morgan fingerprint density at radius 3 is 2.47 bits per heavy atom. The van der Waals surface area contributed by atoms with Crippen LogP contribution in [0, 0.1) is 13.8 Å². The number of ether oxygens (including phenoxy) is 1. The normalized spacial score (nSPS) is 14.2. The number of rotatable bonds is 8. The van der Waals surface area contributed by atoms with Crippen LogP contribution in [0.15, 0.2) is 18.2 Å². The second-order valence-electron chi connectivity index (χ2n) is 5.22. The first-order valence-electron chi connectivity index (χ1n) is 7.60. The van der Waals surface area contributed by atoms with Gasteiger partial charge in [0.05, 0.1) is 0 Å². The molecule has 1 rings (SSSR count). The zero-order chi connectivity index (χ0) is 14.3. The molecule has 0 aliphatic rings. The van der Waals surface area contributed by atoms with Crippen molar-refractivity contribution >= 4 is 0 Å². The largest absolute Gasteiger partial charge is 0.489 e. The lowest BCUT2D eigenvalue weighted by atomic mass is 10.0. The monoisotopic (exact) mass is 263 g/mol. The molecule has 0 bridgehead atoms. The van der Waals surface area contributed by atoms with Crippen molar-refractivity contribution in [1.82, 2.24) is 5.32 Å². The van der Waals surface area contributed by atoms with Crippen LogP contribution in [-0.4, -0.2) is 18.7 Å². The summed E-state index contributed by atoms with van der Waals surface area (Å²) in [5.41, 5.74) is 2.55. The van der Waals surface area contributed by atoms with E-state index in [1.54, 1.807) is 0 Å². The average Bonchev–Trinajstić information content (AvgIpc) is 2.40. The highest BCUT2D eigenvalue weighted by Gasteiger charge is 2.20. The summed E-state index contributed by atoms with van der Waals surface area (Å²) in [5.74, 6) is 1.03. The summed E-state index contributed by atoms with van der Waals surface area (Å²) in [5, 5.41) is 3.56. The highest BCUT2D eigenvalue weighted by Crippen LogP contribution is 2.24. The van der Waals surface area contributed by atoms with Gasteiger partial charge in [-0.3, -0.25) is 0 Å². The number of nitrogens with one attached hydrogen (secondary N) is 1. The Bertz CT molecular complexity index is 370. The fourth-order valence-corrected chi connectivity index (χ4v) is 2.46. The molecule has 1 aromatic rings. The highest BCUT2D eigenvalue weighted by molar-refractivity contribution is 5.38. The maximum Gasteiger partial charge on any atom is 0.122 e. The van der Waals surface area contributed by atoms with Gasteiger partial charge in [0.15, 0.2) is 0 Å². The van der Waals surface area contributed by atoms with Gasteiger partial charge in [-0.25, -0.2) is 0 Å². The molecule has 0 radical (unpaired) electrons. The van der Waals surface area contributed by atoms with Crippen molar-refractivity contribution in [3.8, 4) is 5.75 Å². The van der Waals surface area contributed by atoms with Gasteiger partial charge in [-0.05, 0) is 50.4 Å². The topological polar surface area (TPSA) is 21.3 Å². The minimum Gasteiger partial charge on any atom is -0.489 e. The molecule has 108 valence electrons. The number of hydrogen-bond donors (Lipinski definition) is 1. The number of benzene rings is 1. The summed E-state index contributed by atoms with van der Waals surface area (Å²) in [4.78, 5) is 0. The minimum atomic E-state index is 0.250. The van der Waals surface area contributed by atoms with Crippen LogP contribution in [0.1, 0.15) is 51.2 Å². The smallest absolute Gasteiger partial charge is 0.122 e. The summed E-state index contributed by atoms with van der Waals surface area (Å²) in [6.07, 6.45) is 3.63. The molecular formula is C17H29NO. The maximum absolute atomic E-state index is 6.28. The summed E-state index contributed by atoms with van der Waals surface area (Å²) < 4.78 is 6.28. The zero-order valence-electron chi connectivity index (χ0n) is 13.1. The van der Waals surface area contributed by atoms with Gasteiger partial charge in [-0.1, -0.05) is 39.3 Å². The van der Waals surface area contributed by atoms with Gasteiger partial charge in [0, 0.05) is 6.04 Å². The molecule has 19 heavy (non-hydrogen) atoms. The van der Waals surface area contributed by atoms with Gasteiger partial charge in [0.1, 0.15) is 11.9 Å². The van der Waals surface area contributed by atoms with E-state index in [-0.39, 0.29) is 6.10 Å². The molecule has 0 aromatic heterocycles. The van der Waals surface area contributed by atoms with Crippen LogP contribution in [0.25, 0.3) is 0 Å². The van der Waals surface area contributed by atoms with Gasteiger partial charge in [0.25, 0.3) is 0 Å². The van der Waals surface area contributed by atoms with E-state index in [0.29, 0.717) is 6.04 Å². The van der Waals surface area contributed by atoms with Crippen molar-refractivity contribution in [2.75, 3.05) is 6.54 Å². The Labute approximate surface area is 118 Å². The van der Waals surface area contributed by atoms with Crippen molar-refractivity contribution in [2.24, 2.45) is 0 Å². The molecule has 0 amide bonds. The van der Waals surface area contributed by atoms with Crippen LogP contribution in [0.5, 0.6) is 5.75 Å². The molecule has 0 aliphatic carbocycles. The van der Waals surface area contributed by atoms with Gasteiger partial charge in [0.2, 0.25) is 0 Å². The molecule has 2 nitrogen and oxygen atoms in total. The molecule has 0 saturated heterocycles. The quantitative estimate of drug-likeness (QED) is 0.757. The van der Waals surface area contributed by atoms with Crippen LogP contribution < -0.4 is 10.1 Å². The first-order valence-corrected chi connectivity index (χ1v) is 7.60. The van der Waals surface area contributed by atoms with Crippen molar-refractivity contribution < 1.29 is 4.74 Å². The van der Waals surface area contributed by atoms with Gasteiger partial charge < -0.3 is 10.1 Å². The molecule has 2 atom stereocenters. The van der Waals surface area contributed by atoms with Crippen LogP contribution in [0.2, 0.25) is 0 Å². The molecule has 0 aliphatic heterocycles. The molecule has 1 N–H and O–H groups in total. The molecule has 2 heteroatoms. The molecule has 0 saturated carbocycles. The molecule has 0 heterocycles. The summed E-state index contributed by atoms with van der Waals surface area (Å²) in [7, 11) is 0. The molecule has 0 spiro atoms. The fraction of sp³-hybridized carbons (Fsp3) is 0.647. The Morgan fingerprint density at radius 1 is 1.16 bits per heavy atom. The summed E-state index contributed by atoms with van der Waals surface area (Å²) in [6.45, 7) is 11.9. The van der Waals surface area contributed by atoms with Crippen LogP contribution in [0.4, 0.5) is 0 Å². The van der Waals surface area contributed by atoms with Crippen molar-refractivity contribution in [3.63, 3.8) is 0 Å². The third kappa shape index (κ3) is 4.54. The van der Waals surface area contributed by atoms with E-state index in [9.17, 15) is 0 Å². The number of likely N-dealkylation sites (N-methyl/N-ethyl adjacent to an activating group) is 1. The minimum absolute atomic E-state index is 0.250. The fourth-order valence-electron chi connectivity index (χ4n) is 2.46. The van der Waals surface area contributed by atoms with Crippen LogP contribution in [0.3, 0.4) is 0 Å². The number of aryl methyl sites for hydroxylation is 1. The first-order chi connectivity index (χ1) is 9.13. The van der Waals surface area contributed by atoms with Crippen molar-refractivity contribution in [3.05, 3.63) is 29.3 Å². The lowest BCUT2D eigenvalue weighted by Gasteiger charge is -2.28. The average molecular weight is 263 g/mol. The second-order valence-corrected chi connectivity index (χ2v) is 5.22. The highest BCUT2D eigenvalue weighted by atomic mass is 16.5. The Kier molecular flexibility index (Phi) is 6.93. The predicted octanol–water partition coefficient (Wildman–Crippen LogP) is 4.24. The Morgan fingerprint density at radius 2 is 1.89 bits per heavy atom. The van der Waals surface area contributed by atoms with Crippen LogP contribution in [-0.2, 0) is 0 Å². The molecular weight excluding hydrogens is 234 g/mol. The summed E-state index contributed by atoms with van der Waals surface area (Å²) in [6, 6.07) is 6.74. The van der Waals surface area contributed by atoms with E-state index in [1.807, 2.05) is 0 Å². The van der Waals surface area contributed by atoms with E-state index >= 15 is 0 Å². The van der Waals surface area contributed by atoms with E-state index in [0.717, 1.165) is 25.1 Å². The van der Waals surface area contributed by atoms with E-state index < -0.39 is 0 Å². The maximum atomic E-state index is 6.28. The van der Waals surface area contributed by atoms with Crippen LogP contribution >= 0.6 is 0 Å². The lowest BCUT2D eigenvalue weighted by Crippen LogP contribution is -2.42. The van der Waals surface area contributed by atoms with Crippen molar-refractivity contribution in [1.29, 1.82) is 0 Å². The zero-order valence-corrected chi connectivity index (χ0v) is 13.1. The molecule has 0 fully saturated rings. The van der Waals surface area contributed by atoms with E-state index in [2.05, 4.69) is 58.1 Å². The van der Waals surface area contributed by atoms with Gasteiger partial charge in [-0.15, -0.1) is 0 Å². The SMILES string of the molecule is CCCC(NCC)C(CC)Oc1cccc(C)c1C. The van der Waals surface area contributed by atoms with Gasteiger partial charge >= 0.3 is 0 Å². The van der Waals surface area contributed by atoms with E-state index in [4.69, 9.17) is 4.74 Å². The van der Waals surface area contributed by atoms with Crippen molar-refractivity contribution in [2.45, 2.75) is 66.0 Å². The predicted molar refractivity (Wildman–Crippen MR) is 83.0 cm³/mol. The summed E-state index contributed by atoms with van der Waals surface area (Å²) >= 11 is 0. The Hall–Kier alpha value is -1.02. The standard InChI is InChI=1S/C17H29NO/c1-6-10-15(18-8-3)16(7-2)19-17-12-9-11-13(4)14(17)5/h9,11-12,15-16,18H,6-8,10H2,1-5H3. The second kappa shape index (κ2) is 8.21. The first kappa shape index (κ1) is 16.0. The molecule has 2 unspecified atom stereocenters. The number of hydrogen-bond acceptors (Lipinski definition) is 2. The van der Waals surface area contributed by atoms with Gasteiger partial charge in [-0.2, -0.15) is 0 Å². The third-order valence-corrected chi connectivity index (χ3v) is 3.75.